The van der Waals surface area contributed by atoms with Gasteiger partial charge in [0, 0.05) is 0 Å². The fraction of sp³-hybridized carbons (Fsp3) is 0.375. The number of hydrogen-bond donors (Lipinski definition) is 3. The van der Waals surface area contributed by atoms with Crippen LogP contribution < -0.4 is 0 Å². The minimum absolute atomic E-state index is 0.554. The molecular formula is C16H20O3. The summed E-state index contributed by atoms with van der Waals surface area (Å²) in [6, 6.07) is 9.31. The highest BCUT2D eigenvalue weighted by molar-refractivity contribution is 5.90. The zero-order valence-electron chi connectivity index (χ0n) is 11.5. The van der Waals surface area contributed by atoms with Gasteiger partial charge in [0.15, 0.2) is 0 Å². The highest BCUT2D eigenvalue weighted by atomic mass is 16.3. The van der Waals surface area contributed by atoms with Gasteiger partial charge in [0.25, 0.3) is 0 Å². The fourth-order valence-corrected chi connectivity index (χ4v) is 2.40. The molecule has 19 heavy (non-hydrogen) atoms. The first kappa shape index (κ1) is 14.0. The number of aliphatic hydroxyl groups is 3. The van der Waals surface area contributed by atoms with Gasteiger partial charge in [0.2, 0.25) is 0 Å². The third kappa shape index (κ3) is 2.63. The van der Waals surface area contributed by atoms with Crippen LogP contribution in [0.15, 0.2) is 30.3 Å². The number of rotatable bonds is 3. The lowest BCUT2D eigenvalue weighted by atomic mass is 9.93. The van der Waals surface area contributed by atoms with Crippen LogP contribution >= 0.6 is 0 Å². The molecule has 0 saturated carbocycles. The van der Waals surface area contributed by atoms with E-state index in [1.165, 1.54) is 0 Å². The van der Waals surface area contributed by atoms with Crippen LogP contribution in [0.1, 0.15) is 55.8 Å². The Morgan fingerprint density at radius 1 is 0.684 bits per heavy atom. The first-order valence-corrected chi connectivity index (χ1v) is 6.52. The maximum absolute atomic E-state index is 9.86. The van der Waals surface area contributed by atoms with Gasteiger partial charge in [-0.25, -0.2) is 0 Å². The normalized spacial score (nSPS) is 16.3. The van der Waals surface area contributed by atoms with Crippen molar-refractivity contribution < 1.29 is 15.3 Å². The van der Waals surface area contributed by atoms with Crippen molar-refractivity contribution in [2.75, 3.05) is 0 Å². The maximum atomic E-state index is 9.86. The first-order valence-electron chi connectivity index (χ1n) is 6.52. The summed E-state index contributed by atoms with van der Waals surface area (Å²) in [6.07, 6.45) is -1.71. The van der Waals surface area contributed by atoms with Crippen molar-refractivity contribution in [1.29, 1.82) is 0 Å². The minimum Gasteiger partial charge on any atom is -0.389 e. The van der Waals surface area contributed by atoms with Gasteiger partial charge < -0.3 is 15.3 Å². The van der Waals surface area contributed by atoms with Gasteiger partial charge in [-0.05, 0) is 54.3 Å². The van der Waals surface area contributed by atoms with E-state index in [0.29, 0.717) is 0 Å². The van der Waals surface area contributed by atoms with Gasteiger partial charge in [0.05, 0.1) is 18.3 Å². The summed E-state index contributed by atoms with van der Waals surface area (Å²) in [7, 11) is 0. The molecule has 2 aromatic rings. The first-order chi connectivity index (χ1) is 8.91. The third-order valence-corrected chi connectivity index (χ3v) is 3.49. The molecule has 0 aliphatic heterocycles. The quantitative estimate of drug-likeness (QED) is 0.795. The third-order valence-electron chi connectivity index (χ3n) is 3.49. The number of aliphatic hydroxyl groups excluding tert-OH is 3. The lowest BCUT2D eigenvalue weighted by Gasteiger charge is -2.16. The van der Waals surface area contributed by atoms with Crippen molar-refractivity contribution in [2.45, 2.75) is 39.1 Å². The predicted octanol–water partition coefficient (Wildman–Crippen LogP) is 3.00. The Morgan fingerprint density at radius 3 is 1.68 bits per heavy atom. The van der Waals surface area contributed by atoms with Crippen LogP contribution in [-0.2, 0) is 0 Å². The van der Waals surface area contributed by atoms with E-state index >= 15 is 0 Å². The summed E-state index contributed by atoms with van der Waals surface area (Å²) in [5, 5.41) is 31.1. The molecule has 3 N–H and O–H groups in total. The Morgan fingerprint density at radius 2 is 1.21 bits per heavy atom. The molecule has 0 heterocycles. The zero-order chi connectivity index (χ0) is 14.2. The van der Waals surface area contributed by atoms with Crippen LogP contribution in [0.25, 0.3) is 10.8 Å². The molecule has 3 atom stereocenters. The number of hydrogen-bond acceptors (Lipinski definition) is 3. The monoisotopic (exact) mass is 260 g/mol. The highest BCUT2D eigenvalue weighted by Gasteiger charge is 2.14. The summed E-state index contributed by atoms with van der Waals surface area (Å²) in [5.41, 5.74) is 2.44. The molecule has 0 radical (unpaired) electrons. The molecule has 0 bridgehead atoms. The fourth-order valence-electron chi connectivity index (χ4n) is 2.40. The van der Waals surface area contributed by atoms with Crippen LogP contribution in [0.3, 0.4) is 0 Å². The largest absolute Gasteiger partial charge is 0.389 e. The lowest BCUT2D eigenvalue weighted by molar-refractivity contribution is 0.196. The van der Waals surface area contributed by atoms with E-state index < -0.39 is 18.3 Å². The second-order valence-electron chi connectivity index (χ2n) is 5.08. The minimum atomic E-state index is -0.588. The Balaban J connectivity index is 2.77. The maximum Gasteiger partial charge on any atom is 0.0767 e. The van der Waals surface area contributed by atoms with Gasteiger partial charge in [-0.15, -0.1) is 0 Å². The van der Waals surface area contributed by atoms with Gasteiger partial charge in [0.1, 0.15) is 0 Å². The Labute approximate surface area is 113 Å². The topological polar surface area (TPSA) is 60.7 Å². The molecule has 3 heteroatoms. The lowest BCUT2D eigenvalue weighted by Crippen LogP contribution is -2.00. The molecule has 0 saturated heterocycles. The van der Waals surface area contributed by atoms with E-state index in [1.54, 1.807) is 20.8 Å². The van der Waals surface area contributed by atoms with E-state index in [9.17, 15) is 15.3 Å². The Hall–Kier alpha value is -1.42. The standard InChI is InChI=1S/C16H20O3/c1-9(17)12-4-5-15-13(10(2)18)6-7-14(11(3)19)16(15)8-12/h4-11,17-19H,1-3H3. The average molecular weight is 260 g/mol. The molecule has 0 fully saturated rings. The summed E-state index contributed by atoms with van der Waals surface area (Å²) in [6.45, 7) is 5.15. The molecule has 0 aliphatic rings. The van der Waals surface area contributed by atoms with Crippen molar-refractivity contribution in [3.05, 3.63) is 47.0 Å². The highest BCUT2D eigenvalue weighted by Crippen LogP contribution is 2.32. The number of benzene rings is 2. The van der Waals surface area contributed by atoms with Crippen LogP contribution in [0, 0.1) is 0 Å². The average Bonchev–Trinajstić information content (AvgIpc) is 2.36. The van der Waals surface area contributed by atoms with E-state index in [2.05, 4.69) is 0 Å². The molecule has 3 nitrogen and oxygen atoms in total. The molecule has 2 rings (SSSR count). The van der Waals surface area contributed by atoms with Crippen molar-refractivity contribution in [3.63, 3.8) is 0 Å². The molecule has 2 aromatic carbocycles. The molecule has 0 aromatic heterocycles. The number of fused-ring (bicyclic) bond motifs is 1. The van der Waals surface area contributed by atoms with E-state index in [1.807, 2.05) is 30.3 Å². The molecule has 3 unspecified atom stereocenters. The molecule has 0 amide bonds. The SMILES string of the molecule is CC(O)c1ccc2c(C(C)O)ccc(C(C)O)c2c1. The van der Waals surface area contributed by atoms with Crippen molar-refractivity contribution >= 4 is 10.8 Å². The second kappa shape index (κ2) is 5.29. The zero-order valence-corrected chi connectivity index (χ0v) is 11.5. The predicted molar refractivity (Wildman–Crippen MR) is 75.8 cm³/mol. The van der Waals surface area contributed by atoms with Gasteiger partial charge >= 0.3 is 0 Å². The van der Waals surface area contributed by atoms with E-state index in [0.717, 1.165) is 27.5 Å². The van der Waals surface area contributed by atoms with Gasteiger partial charge in [-0.3, -0.25) is 0 Å². The summed E-state index contributed by atoms with van der Waals surface area (Å²) >= 11 is 0. The van der Waals surface area contributed by atoms with Gasteiger partial charge in [-0.2, -0.15) is 0 Å². The summed E-state index contributed by atoms with van der Waals surface area (Å²) < 4.78 is 0. The van der Waals surface area contributed by atoms with Crippen LogP contribution in [-0.4, -0.2) is 15.3 Å². The molecular weight excluding hydrogens is 240 g/mol. The van der Waals surface area contributed by atoms with Crippen molar-refractivity contribution in [2.24, 2.45) is 0 Å². The van der Waals surface area contributed by atoms with Gasteiger partial charge in [-0.1, -0.05) is 24.3 Å². The summed E-state index contributed by atoms with van der Waals surface area (Å²) in [5.74, 6) is 0. The second-order valence-corrected chi connectivity index (χ2v) is 5.08. The molecule has 0 aliphatic carbocycles. The smallest absolute Gasteiger partial charge is 0.0767 e. The van der Waals surface area contributed by atoms with Crippen molar-refractivity contribution in [3.8, 4) is 0 Å². The molecule has 0 spiro atoms. The van der Waals surface area contributed by atoms with Crippen LogP contribution in [0.2, 0.25) is 0 Å². The molecule has 102 valence electrons. The van der Waals surface area contributed by atoms with Crippen LogP contribution in [0.5, 0.6) is 0 Å². The summed E-state index contributed by atoms with van der Waals surface area (Å²) in [4.78, 5) is 0. The van der Waals surface area contributed by atoms with E-state index in [-0.39, 0.29) is 0 Å². The van der Waals surface area contributed by atoms with Crippen molar-refractivity contribution in [1.82, 2.24) is 0 Å². The Kier molecular flexibility index (Phi) is 3.90. The van der Waals surface area contributed by atoms with E-state index in [4.69, 9.17) is 0 Å². The Bertz CT molecular complexity index is 586. The van der Waals surface area contributed by atoms with Crippen LogP contribution in [0.4, 0.5) is 0 Å².